The molecule has 11 aromatic rings. The van der Waals surface area contributed by atoms with E-state index in [1.807, 2.05) is 66.7 Å². The molecule has 0 saturated heterocycles. The van der Waals surface area contributed by atoms with Crippen LogP contribution in [0.25, 0.3) is 110 Å². The summed E-state index contributed by atoms with van der Waals surface area (Å²) in [5, 5.41) is 3.21. The van der Waals surface area contributed by atoms with Crippen LogP contribution in [0.4, 0.5) is 0 Å². The Bertz CT molecular complexity index is 3440. The van der Waals surface area contributed by atoms with Crippen molar-refractivity contribution in [2.24, 2.45) is 0 Å². The molecule has 0 aliphatic heterocycles. The van der Waals surface area contributed by atoms with E-state index in [2.05, 4.69) is 129 Å². The minimum atomic E-state index is -0.199. The van der Waals surface area contributed by atoms with Crippen molar-refractivity contribution >= 4 is 43.5 Å². The molecule has 3 aromatic heterocycles. The zero-order chi connectivity index (χ0) is 40.7. The molecule has 0 saturated carbocycles. The molecule has 3 heterocycles. The summed E-state index contributed by atoms with van der Waals surface area (Å²) in [4.78, 5) is 20.1. The molecule has 0 N–H and O–H groups in total. The molecule has 288 valence electrons. The number of benzene rings is 8. The third kappa shape index (κ3) is 5.75. The van der Waals surface area contributed by atoms with Crippen LogP contribution in [0.15, 0.2) is 186 Å². The van der Waals surface area contributed by atoms with Gasteiger partial charge in [0.05, 0.1) is 10.2 Å². The van der Waals surface area contributed by atoms with Gasteiger partial charge in [-0.25, -0.2) is 19.9 Å². The van der Waals surface area contributed by atoms with Gasteiger partial charge in [-0.15, -0.1) is 11.3 Å². The number of aromatic nitrogens is 4. The number of para-hydroxylation sites is 1. The van der Waals surface area contributed by atoms with Crippen molar-refractivity contribution in [2.45, 2.75) is 19.3 Å². The standard InChI is InChI=1S/C55H36N4OS/c1-55(2)43-29-30-45-50(61-54(56-45)35-19-10-5-11-20-35)48(43)41-26-25-37(32-44(41)55)40-28-27-39(47-42-23-12-13-24-46(42)60-49(40)47)36-21-14-22-38(31-36)53-58-51(33-15-6-3-7-16-33)57-52(59-53)34-17-8-4-9-18-34/h3-32H,1-2H3. The van der Waals surface area contributed by atoms with Gasteiger partial charge in [-0.05, 0) is 63.7 Å². The van der Waals surface area contributed by atoms with E-state index in [0.29, 0.717) is 17.5 Å². The third-order valence-electron chi connectivity index (χ3n) is 12.2. The first-order valence-corrected chi connectivity index (χ1v) is 21.4. The van der Waals surface area contributed by atoms with Gasteiger partial charge in [-0.3, -0.25) is 0 Å². The van der Waals surface area contributed by atoms with Crippen molar-refractivity contribution in [3.63, 3.8) is 0 Å². The summed E-state index contributed by atoms with van der Waals surface area (Å²) in [6.07, 6.45) is 0. The quantitative estimate of drug-likeness (QED) is 0.168. The molecule has 1 aliphatic carbocycles. The maximum atomic E-state index is 6.84. The van der Waals surface area contributed by atoms with Crippen LogP contribution in [0.2, 0.25) is 0 Å². The van der Waals surface area contributed by atoms with Crippen molar-refractivity contribution in [3.8, 4) is 78.1 Å². The number of nitrogens with zero attached hydrogens (tertiary/aromatic N) is 4. The van der Waals surface area contributed by atoms with Crippen LogP contribution in [0.5, 0.6) is 0 Å². The fourth-order valence-electron chi connectivity index (χ4n) is 9.14. The summed E-state index contributed by atoms with van der Waals surface area (Å²) in [5.74, 6) is 1.89. The number of fused-ring (bicyclic) bond motifs is 8. The van der Waals surface area contributed by atoms with Crippen LogP contribution in [-0.2, 0) is 5.41 Å². The molecule has 5 nitrogen and oxygen atoms in total. The van der Waals surface area contributed by atoms with E-state index in [9.17, 15) is 0 Å². The number of thiazole rings is 1. The number of hydrogen-bond donors (Lipinski definition) is 0. The first-order valence-electron chi connectivity index (χ1n) is 20.5. The molecule has 0 unspecified atom stereocenters. The van der Waals surface area contributed by atoms with Gasteiger partial charge in [0, 0.05) is 49.6 Å². The predicted octanol–water partition coefficient (Wildman–Crippen LogP) is 14.7. The fourth-order valence-corrected chi connectivity index (χ4v) is 10.3. The molecule has 8 aromatic carbocycles. The SMILES string of the molecule is CC1(C)c2cc(-c3ccc(-c4cccc(-c5nc(-c6ccccc6)nc(-c6ccccc6)n5)c4)c4c3oc3ccccc34)ccc2-c2c1ccc1nc(-c3ccccc3)sc21. The molecule has 0 atom stereocenters. The Kier molecular flexibility index (Phi) is 7.99. The molecule has 0 radical (unpaired) electrons. The van der Waals surface area contributed by atoms with Gasteiger partial charge in [0.1, 0.15) is 16.2 Å². The first kappa shape index (κ1) is 35.4. The summed E-state index contributed by atoms with van der Waals surface area (Å²) >= 11 is 1.79. The molecular weight excluding hydrogens is 765 g/mol. The summed E-state index contributed by atoms with van der Waals surface area (Å²) in [7, 11) is 0. The second-order valence-corrected chi connectivity index (χ2v) is 17.2. The minimum Gasteiger partial charge on any atom is -0.455 e. The smallest absolute Gasteiger partial charge is 0.164 e. The van der Waals surface area contributed by atoms with Crippen molar-refractivity contribution in [2.75, 3.05) is 0 Å². The highest BCUT2D eigenvalue weighted by molar-refractivity contribution is 7.22. The van der Waals surface area contributed by atoms with Crippen LogP contribution in [0, 0.1) is 0 Å². The summed E-state index contributed by atoms with van der Waals surface area (Å²) in [6.45, 7) is 4.69. The van der Waals surface area contributed by atoms with Crippen LogP contribution in [0.1, 0.15) is 25.0 Å². The Labute approximate surface area is 356 Å². The van der Waals surface area contributed by atoms with E-state index in [4.69, 9.17) is 24.4 Å². The molecule has 61 heavy (non-hydrogen) atoms. The molecule has 6 heteroatoms. The van der Waals surface area contributed by atoms with Gasteiger partial charge in [-0.1, -0.05) is 166 Å². The minimum absolute atomic E-state index is 0.199. The lowest BCUT2D eigenvalue weighted by Crippen LogP contribution is -2.14. The maximum absolute atomic E-state index is 6.84. The number of hydrogen-bond acceptors (Lipinski definition) is 6. The average molecular weight is 801 g/mol. The van der Waals surface area contributed by atoms with Gasteiger partial charge in [-0.2, -0.15) is 0 Å². The zero-order valence-corrected chi connectivity index (χ0v) is 34.2. The summed E-state index contributed by atoms with van der Waals surface area (Å²) in [6, 6.07) is 63.5. The van der Waals surface area contributed by atoms with E-state index in [1.54, 1.807) is 11.3 Å². The van der Waals surface area contributed by atoms with Crippen molar-refractivity contribution in [1.82, 2.24) is 19.9 Å². The first-order chi connectivity index (χ1) is 30.0. The van der Waals surface area contributed by atoms with E-state index in [0.717, 1.165) is 77.0 Å². The Morgan fingerprint density at radius 2 is 1.02 bits per heavy atom. The molecule has 0 amide bonds. The Hall–Kier alpha value is -7.54. The van der Waals surface area contributed by atoms with Gasteiger partial charge in [0.2, 0.25) is 0 Å². The molecular formula is C55H36N4OS. The van der Waals surface area contributed by atoms with Gasteiger partial charge < -0.3 is 4.42 Å². The number of rotatable bonds is 6. The van der Waals surface area contributed by atoms with Crippen LogP contribution >= 0.6 is 11.3 Å². The monoisotopic (exact) mass is 800 g/mol. The zero-order valence-electron chi connectivity index (χ0n) is 33.4. The third-order valence-corrected chi connectivity index (χ3v) is 13.3. The lowest BCUT2D eigenvalue weighted by Gasteiger charge is -2.22. The van der Waals surface area contributed by atoms with Crippen LogP contribution in [-0.4, -0.2) is 19.9 Å². The van der Waals surface area contributed by atoms with Crippen molar-refractivity contribution in [1.29, 1.82) is 0 Å². The lowest BCUT2D eigenvalue weighted by molar-refractivity contribution is 0.660. The van der Waals surface area contributed by atoms with E-state index in [-0.39, 0.29) is 5.41 Å². The van der Waals surface area contributed by atoms with E-state index in [1.165, 1.54) is 27.0 Å². The average Bonchev–Trinajstić information content (AvgIpc) is 4.00. The molecule has 1 aliphatic rings. The van der Waals surface area contributed by atoms with E-state index >= 15 is 0 Å². The Morgan fingerprint density at radius 3 is 1.74 bits per heavy atom. The highest BCUT2D eigenvalue weighted by Gasteiger charge is 2.37. The predicted molar refractivity (Wildman–Crippen MR) is 250 cm³/mol. The highest BCUT2D eigenvalue weighted by Crippen LogP contribution is 2.54. The van der Waals surface area contributed by atoms with Crippen molar-refractivity contribution in [3.05, 3.63) is 193 Å². The largest absolute Gasteiger partial charge is 0.455 e. The van der Waals surface area contributed by atoms with E-state index < -0.39 is 0 Å². The normalized spacial score (nSPS) is 12.9. The lowest BCUT2D eigenvalue weighted by atomic mass is 9.81. The van der Waals surface area contributed by atoms with Crippen LogP contribution in [0.3, 0.4) is 0 Å². The maximum Gasteiger partial charge on any atom is 0.164 e. The Balaban J connectivity index is 0.991. The molecule has 0 spiro atoms. The summed E-state index contributed by atoms with van der Waals surface area (Å²) < 4.78 is 8.08. The van der Waals surface area contributed by atoms with Crippen molar-refractivity contribution < 1.29 is 4.42 Å². The van der Waals surface area contributed by atoms with Crippen LogP contribution < -0.4 is 0 Å². The Morgan fingerprint density at radius 1 is 0.443 bits per heavy atom. The summed E-state index contributed by atoms with van der Waals surface area (Å²) in [5.41, 5.74) is 16.1. The topological polar surface area (TPSA) is 64.7 Å². The second kappa shape index (κ2) is 13.8. The molecule has 0 fully saturated rings. The van der Waals surface area contributed by atoms with Gasteiger partial charge in [0.15, 0.2) is 17.5 Å². The fraction of sp³-hybridized carbons (Fsp3) is 0.0545. The second-order valence-electron chi connectivity index (χ2n) is 16.2. The molecule has 12 rings (SSSR count). The van der Waals surface area contributed by atoms with Gasteiger partial charge in [0.25, 0.3) is 0 Å². The highest BCUT2D eigenvalue weighted by atomic mass is 32.1. The molecule has 0 bridgehead atoms. The number of furan rings is 1. The van der Waals surface area contributed by atoms with Gasteiger partial charge >= 0.3 is 0 Å².